The third kappa shape index (κ3) is 9.01. The van der Waals surface area contributed by atoms with E-state index in [1.54, 1.807) is 33.1 Å². The van der Waals surface area contributed by atoms with Crippen LogP contribution in [-0.2, 0) is 29.6 Å². The first-order valence-electron chi connectivity index (χ1n) is 21.8. The molecule has 0 spiro atoms. The maximum absolute atomic E-state index is 14.2. The normalized spacial score (nSPS) is 20.0. The zero-order valence-corrected chi connectivity index (χ0v) is 34.6. The van der Waals surface area contributed by atoms with Gasteiger partial charge >= 0.3 is 5.69 Å². The van der Waals surface area contributed by atoms with Crippen molar-refractivity contribution in [3.8, 4) is 11.5 Å². The maximum Gasteiger partial charge on any atom is 0.329 e. The van der Waals surface area contributed by atoms with Crippen LogP contribution in [0, 0.1) is 11.8 Å². The first-order chi connectivity index (χ1) is 29.6. The highest BCUT2D eigenvalue weighted by Gasteiger charge is 2.33. The van der Waals surface area contributed by atoms with Crippen molar-refractivity contribution in [2.24, 2.45) is 18.9 Å². The molecule has 1 aromatic carbocycles. The fourth-order valence-corrected chi connectivity index (χ4v) is 9.58. The molecule has 61 heavy (non-hydrogen) atoms. The molecule has 2 saturated heterocycles. The summed E-state index contributed by atoms with van der Waals surface area (Å²) in [5.74, 6) is 0.758. The van der Waals surface area contributed by atoms with Gasteiger partial charge in [0.2, 0.25) is 5.89 Å². The Morgan fingerprint density at radius 2 is 1.72 bits per heavy atom. The lowest BCUT2D eigenvalue weighted by Crippen LogP contribution is -2.38. The van der Waals surface area contributed by atoms with Crippen LogP contribution in [0.2, 0.25) is 0 Å². The standard InChI is InChI=1S/C45H53F2N9O5/c1-52-41-31(3-2-4-38(41)56(45(52)60)37-10-9-34(57)24-39(37)58)25-54-19-13-29(14-20-54)12-18-53-21-15-33(16-22-53)55-26-35(40(51-55)42(46)47)49-43(59)36-27-61-44(50-36)30-11-17-48-32(23-30)8-7-28-5-6-28/h2-4,11,17,23,26-29,33,37,42H,5-10,12-16,18-22,24-25H2,1H3,(H,49,59). The number of aryl methyl sites for hydroxylation is 2. The third-order valence-electron chi connectivity index (χ3n) is 13.3. The average molecular weight is 838 g/mol. The summed E-state index contributed by atoms with van der Waals surface area (Å²) in [4.78, 5) is 64.9. The van der Waals surface area contributed by atoms with E-state index < -0.39 is 24.1 Å². The Morgan fingerprint density at radius 3 is 2.48 bits per heavy atom. The molecule has 1 unspecified atom stereocenters. The van der Waals surface area contributed by atoms with E-state index in [0.29, 0.717) is 30.9 Å². The van der Waals surface area contributed by atoms with Crippen molar-refractivity contribution in [1.29, 1.82) is 0 Å². The van der Waals surface area contributed by atoms with Gasteiger partial charge in [0.25, 0.3) is 12.3 Å². The quantitative estimate of drug-likeness (QED) is 0.117. The Bertz CT molecular complexity index is 2470. The zero-order chi connectivity index (χ0) is 42.2. The number of likely N-dealkylation sites (tertiary alicyclic amines) is 2. The first kappa shape index (κ1) is 41.0. The van der Waals surface area contributed by atoms with Crippen molar-refractivity contribution in [3.63, 3.8) is 0 Å². The maximum atomic E-state index is 14.2. The molecule has 2 saturated carbocycles. The summed E-state index contributed by atoms with van der Waals surface area (Å²) in [6, 6.07) is 8.94. The molecule has 2 aliphatic carbocycles. The van der Waals surface area contributed by atoms with Gasteiger partial charge < -0.3 is 14.6 Å². The highest BCUT2D eigenvalue weighted by atomic mass is 19.3. The van der Waals surface area contributed by atoms with Crippen molar-refractivity contribution >= 4 is 34.2 Å². The van der Waals surface area contributed by atoms with Crippen LogP contribution >= 0.6 is 0 Å². The van der Waals surface area contributed by atoms with Gasteiger partial charge in [0, 0.05) is 56.8 Å². The molecule has 4 fully saturated rings. The van der Waals surface area contributed by atoms with Crippen LogP contribution in [-0.4, -0.2) is 88.9 Å². The molecule has 6 heterocycles. The van der Waals surface area contributed by atoms with Crippen molar-refractivity contribution in [3.05, 3.63) is 82.1 Å². The monoisotopic (exact) mass is 837 g/mol. The van der Waals surface area contributed by atoms with E-state index in [4.69, 9.17) is 4.42 Å². The molecule has 322 valence electrons. The zero-order valence-electron chi connectivity index (χ0n) is 34.6. The number of piperidine rings is 2. The molecule has 9 rings (SSSR count). The summed E-state index contributed by atoms with van der Waals surface area (Å²) in [7, 11) is 1.76. The lowest BCUT2D eigenvalue weighted by molar-refractivity contribution is -0.132. The van der Waals surface area contributed by atoms with Crippen LogP contribution < -0.4 is 11.0 Å². The van der Waals surface area contributed by atoms with E-state index in [-0.39, 0.29) is 47.0 Å². The highest BCUT2D eigenvalue weighted by Crippen LogP contribution is 2.35. The lowest BCUT2D eigenvalue weighted by Gasteiger charge is -2.35. The van der Waals surface area contributed by atoms with Crippen LogP contribution in [0.3, 0.4) is 0 Å². The van der Waals surface area contributed by atoms with Crippen molar-refractivity contribution in [2.75, 3.05) is 38.0 Å². The van der Waals surface area contributed by atoms with E-state index in [9.17, 15) is 28.0 Å². The van der Waals surface area contributed by atoms with Crippen molar-refractivity contribution < 1.29 is 27.6 Å². The fourth-order valence-electron chi connectivity index (χ4n) is 9.58. The van der Waals surface area contributed by atoms with E-state index >= 15 is 0 Å². The number of pyridine rings is 1. The van der Waals surface area contributed by atoms with E-state index in [1.165, 1.54) is 25.3 Å². The number of rotatable bonds is 14. The molecule has 1 N–H and O–H groups in total. The molecule has 0 bridgehead atoms. The molecule has 4 aromatic heterocycles. The summed E-state index contributed by atoms with van der Waals surface area (Å²) >= 11 is 0. The first-order valence-corrected chi connectivity index (χ1v) is 21.8. The SMILES string of the molecule is Cn1c(=O)n(C2CCC(=O)CC2=O)c2cccc(CN3CCC(CCN4CCC(n5cc(NC(=O)c6coc(-c7ccnc(CCC8CC8)c7)n6)c(C(F)F)n5)CC4)CC3)c21. The molecule has 5 aromatic rings. The smallest absolute Gasteiger partial charge is 0.329 e. The minimum Gasteiger partial charge on any atom is -0.444 e. The number of halogens is 2. The van der Waals surface area contributed by atoms with Gasteiger partial charge in [-0.3, -0.25) is 38.1 Å². The number of hydrogen-bond acceptors (Lipinski definition) is 10. The number of fused-ring (bicyclic) bond motifs is 1. The van der Waals surface area contributed by atoms with Crippen molar-refractivity contribution in [1.82, 2.24) is 38.7 Å². The van der Waals surface area contributed by atoms with Crippen LogP contribution in [0.25, 0.3) is 22.5 Å². The molecule has 14 nitrogen and oxygen atoms in total. The number of carbonyl (C=O) groups excluding carboxylic acids is 3. The predicted molar refractivity (Wildman–Crippen MR) is 223 cm³/mol. The number of Topliss-reactive ketones (excluding diaryl/α,β-unsaturated/α-hetero) is 2. The summed E-state index contributed by atoms with van der Waals surface area (Å²) in [5.41, 5.74) is 3.57. The van der Waals surface area contributed by atoms with Crippen LogP contribution in [0.15, 0.2) is 58.2 Å². The molecule has 0 radical (unpaired) electrons. The number of nitrogens with zero attached hydrogens (tertiary/aromatic N) is 8. The molecule has 4 aliphatic rings. The Balaban J connectivity index is 0.746. The Labute approximate surface area is 352 Å². The number of amides is 1. The number of aromatic nitrogens is 6. The third-order valence-corrected chi connectivity index (χ3v) is 13.3. The summed E-state index contributed by atoms with van der Waals surface area (Å²) < 4.78 is 38.8. The molecular formula is C45H53F2N9O5. The average Bonchev–Trinajstić information content (AvgIpc) is 3.67. The molecule has 2 aliphatic heterocycles. The number of nitrogens with one attached hydrogen (secondary N) is 1. The second-order valence-corrected chi connectivity index (χ2v) is 17.5. The Kier molecular flexibility index (Phi) is 11.8. The number of imidazole rings is 1. The van der Waals surface area contributed by atoms with Crippen molar-refractivity contribution in [2.45, 2.75) is 102 Å². The van der Waals surface area contributed by atoms with E-state index in [0.717, 1.165) is 106 Å². The van der Waals surface area contributed by atoms with Gasteiger partial charge in [0.1, 0.15) is 12.0 Å². The lowest BCUT2D eigenvalue weighted by atomic mass is 9.92. The van der Waals surface area contributed by atoms with Gasteiger partial charge in [-0.15, -0.1) is 0 Å². The van der Waals surface area contributed by atoms with E-state index in [2.05, 4.69) is 36.2 Å². The van der Waals surface area contributed by atoms with Gasteiger partial charge in [-0.25, -0.2) is 18.6 Å². The number of alkyl halides is 2. The van der Waals surface area contributed by atoms with E-state index in [1.807, 2.05) is 18.2 Å². The van der Waals surface area contributed by atoms with Gasteiger partial charge in [0.15, 0.2) is 17.2 Å². The largest absolute Gasteiger partial charge is 0.444 e. The Hall–Kier alpha value is -5.35. The van der Waals surface area contributed by atoms with Gasteiger partial charge in [-0.05, 0) is 107 Å². The number of carbonyl (C=O) groups is 3. The molecule has 16 heteroatoms. The predicted octanol–water partition coefficient (Wildman–Crippen LogP) is 6.92. The second-order valence-electron chi connectivity index (χ2n) is 17.5. The number of anilines is 1. The molecular weight excluding hydrogens is 785 g/mol. The summed E-state index contributed by atoms with van der Waals surface area (Å²) in [6.45, 7) is 5.26. The summed E-state index contributed by atoms with van der Waals surface area (Å²) in [6.07, 6.45) is 11.5. The topological polar surface area (TPSA) is 153 Å². The minimum absolute atomic E-state index is 0.00913. The van der Waals surface area contributed by atoms with Crippen LogP contribution in [0.4, 0.5) is 14.5 Å². The Morgan fingerprint density at radius 1 is 0.951 bits per heavy atom. The second kappa shape index (κ2) is 17.6. The summed E-state index contributed by atoms with van der Waals surface area (Å²) in [5, 5.41) is 6.86. The van der Waals surface area contributed by atoms with Crippen LogP contribution in [0.1, 0.15) is 117 Å². The number of ketones is 2. The molecule has 1 atom stereocenters. The fraction of sp³-hybridized carbons (Fsp3) is 0.533. The van der Waals surface area contributed by atoms with Crippen LogP contribution in [0.5, 0.6) is 0 Å². The minimum atomic E-state index is -2.86. The van der Waals surface area contributed by atoms with Gasteiger partial charge in [-0.1, -0.05) is 25.0 Å². The molecule has 1 amide bonds. The highest BCUT2D eigenvalue weighted by molar-refractivity contribution is 6.04. The van der Waals surface area contributed by atoms with Gasteiger partial charge in [0.05, 0.1) is 35.2 Å². The number of para-hydroxylation sites is 1. The number of benzene rings is 1. The van der Waals surface area contributed by atoms with Gasteiger partial charge in [-0.2, -0.15) is 5.10 Å². The number of oxazole rings is 1. The number of hydrogen-bond donors (Lipinski definition) is 1.